The number of benzene rings is 2. The summed E-state index contributed by atoms with van der Waals surface area (Å²) >= 11 is 0. The Morgan fingerprint density at radius 1 is 0.968 bits per heavy atom. The molecule has 2 amide bonds. The van der Waals surface area contributed by atoms with Crippen molar-refractivity contribution in [2.24, 2.45) is 11.0 Å². The Balaban J connectivity index is 1.38. The van der Waals surface area contributed by atoms with E-state index in [2.05, 4.69) is 5.10 Å². The topological polar surface area (TPSA) is 70.1 Å². The predicted octanol–water partition coefficient (Wildman–Crippen LogP) is 3.43. The number of Topliss-reactive ketones (excluding diaryl/α,β-unsaturated/α-hetero) is 1. The first-order valence-electron chi connectivity index (χ1n) is 10.5. The van der Waals surface area contributed by atoms with Crippen molar-refractivity contribution in [3.8, 4) is 0 Å². The maximum absolute atomic E-state index is 13.1. The molecule has 6 nitrogen and oxygen atoms in total. The van der Waals surface area contributed by atoms with Crippen LogP contribution < -0.4 is 0 Å². The third kappa shape index (κ3) is 4.87. The fourth-order valence-electron chi connectivity index (χ4n) is 4.01. The molecule has 0 atom stereocenters. The molecule has 0 saturated carbocycles. The van der Waals surface area contributed by atoms with Crippen molar-refractivity contribution in [1.82, 2.24) is 9.91 Å². The van der Waals surface area contributed by atoms with Crippen molar-refractivity contribution in [1.29, 1.82) is 0 Å². The summed E-state index contributed by atoms with van der Waals surface area (Å²) in [5.74, 6) is -0.646. The van der Waals surface area contributed by atoms with E-state index in [0.717, 1.165) is 5.56 Å². The highest BCUT2D eigenvalue weighted by Gasteiger charge is 2.32. The third-order valence-corrected chi connectivity index (χ3v) is 5.81. The van der Waals surface area contributed by atoms with Crippen molar-refractivity contribution in [2.75, 3.05) is 13.1 Å². The highest BCUT2D eigenvalue weighted by molar-refractivity contribution is 6.39. The molecule has 160 valence electrons. The van der Waals surface area contributed by atoms with Crippen LogP contribution in [0.25, 0.3) is 0 Å². The van der Waals surface area contributed by atoms with E-state index in [1.807, 2.05) is 30.3 Å². The van der Waals surface area contributed by atoms with Crippen LogP contribution in [0.3, 0.4) is 0 Å². The lowest BCUT2D eigenvalue weighted by molar-refractivity contribution is -0.132. The molecular weight excluding hydrogens is 397 g/mol. The van der Waals surface area contributed by atoms with Gasteiger partial charge in [-0.1, -0.05) is 42.5 Å². The van der Waals surface area contributed by atoms with Crippen LogP contribution in [0.15, 0.2) is 59.7 Å². The molecule has 2 aromatic rings. The van der Waals surface area contributed by atoms with Gasteiger partial charge >= 0.3 is 0 Å². The fraction of sp³-hybridized carbons (Fsp3) is 0.333. The van der Waals surface area contributed by atoms with Gasteiger partial charge in [-0.3, -0.25) is 14.4 Å². The molecule has 0 unspecified atom stereocenters. The number of hydrogen-bond acceptors (Lipinski definition) is 4. The molecule has 0 radical (unpaired) electrons. The standard InChI is InChI=1S/C24H24FN3O3/c25-20-8-6-17(7-9-20)16-28-22(29)11-10-21(26-28)24(31)27-14-12-19(13-15-27)23(30)18-4-2-1-3-5-18/h1-9,19H,10-16H2. The number of ketones is 1. The van der Waals surface area contributed by atoms with Crippen LogP contribution in [0.2, 0.25) is 0 Å². The molecule has 2 aromatic carbocycles. The zero-order chi connectivity index (χ0) is 21.8. The van der Waals surface area contributed by atoms with E-state index in [1.54, 1.807) is 17.0 Å². The van der Waals surface area contributed by atoms with E-state index in [-0.39, 0.29) is 42.3 Å². The summed E-state index contributed by atoms with van der Waals surface area (Å²) in [6.07, 6.45) is 1.76. The van der Waals surface area contributed by atoms with Gasteiger partial charge in [-0.15, -0.1) is 0 Å². The molecule has 2 heterocycles. The number of carbonyl (C=O) groups excluding carboxylic acids is 3. The van der Waals surface area contributed by atoms with E-state index in [0.29, 0.717) is 43.6 Å². The van der Waals surface area contributed by atoms with Gasteiger partial charge in [0, 0.05) is 37.4 Å². The molecule has 1 fully saturated rings. The lowest BCUT2D eigenvalue weighted by Gasteiger charge is -2.33. The molecular formula is C24H24FN3O3. The first-order valence-corrected chi connectivity index (χ1v) is 10.5. The van der Waals surface area contributed by atoms with Gasteiger partial charge in [0.2, 0.25) is 5.91 Å². The van der Waals surface area contributed by atoms with Crippen molar-refractivity contribution < 1.29 is 18.8 Å². The first-order chi connectivity index (χ1) is 15.0. The number of hydrogen-bond donors (Lipinski definition) is 0. The number of halogens is 1. The van der Waals surface area contributed by atoms with Gasteiger partial charge in [0.1, 0.15) is 11.5 Å². The summed E-state index contributed by atoms with van der Waals surface area (Å²) in [6, 6.07) is 15.1. The fourth-order valence-corrected chi connectivity index (χ4v) is 4.01. The number of hydrazone groups is 1. The highest BCUT2D eigenvalue weighted by Crippen LogP contribution is 2.23. The van der Waals surface area contributed by atoms with Crippen LogP contribution in [0.1, 0.15) is 41.6 Å². The molecule has 2 aliphatic rings. The second kappa shape index (κ2) is 9.20. The van der Waals surface area contributed by atoms with Crippen LogP contribution in [0.5, 0.6) is 0 Å². The van der Waals surface area contributed by atoms with E-state index >= 15 is 0 Å². The summed E-state index contributed by atoms with van der Waals surface area (Å²) in [7, 11) is 0. The minimum Gasteiger partial charge on any atom is -0.337 e. The number of nitrogens with zero attached hydrogens (tertiary/aromatic N) is 3. The normalized spacial score (nSPS) is 17.5. The van der Waals surface area contributed by atoms with Gasteiger partial charge in [-0.05, 0) is 30.5 Å². The molecule has 0 spiro atoms. The Bertz CT molecular complexity index is 996. The average Bonchev–Trinajstić information content (AvgIpc) is 2.81. The van der Waals surface area contributed by atoms with Crippen molar-refractivity contribution in [3.05, 3.63) is 71.5 Å². The number of piperidine rings is 1. The van der Waals surface area contributed by atoms with Crippen LogP contribution >= 0.6 is 0 Å². The van der Waals surface area contributed by atoms with E-state index < -0.39 is 0 Å². The summed E-state index contributed by atoms with van der Waals surface area (Å²) < 4.78 is 13.1. The van der Waals surface area contributed by atoms with Crippen molar-refractivity contribution in [2.45, 2.75) is 32.2 Å². The molecule has 4 rings (SSSR count). The SMILES string of the molecule is O=C(c1ccccc1)C1CCN(C(=O)C2=NN(Cc3ccc(F)cc3)C(=O)CC2)CC1. The van der Waals surface area contributed by atoms with E-state index in [1.165, 1.54) is 17.1 Å². The van der Waals surface area contributed by atoms with Crippen molar-refractivity contribution in [3.63, 3.8) is 0 Å². The van der Waals surface area contributed by atoms with Crippen LogP contribution in [-0.4, -0.2) is 46.3 Å². The minimum absolute atomic E-state index is 0.0868. The Hall–Kier alpha value is -3.35. The van der Waals surface area contributed by atoms with Crippen LogP contribution in [0.4, 0.5) is 4.39 Å². The van der Waals surface area contributed by atoms with Gasteiger partial charge in [-0.25, -0.2) is 9.40 Å². The van der Waals surface area contributed by atoms with E-state index in [9.17, 15) is 18.8 Å². The van der Waals surface area contributed by atoms with E-state index in [4.69, 9.17) is 0 Å². The highest BCUT2D eigenvalue weighted by atomic mass is 19.1. The van der Waals surface area contributed by atoms with Gasteiger partial charge in [0.25, 0.3) is 5.91 Å². The first kappa shape index (κ1) is 20.9. The maximum Gasteiger partial charge on any atom is 0.270 e. The second-order valence-electron chi connectivity index (χ2n) is 7.92. The van der Waals surface area contributed by atoms with Crippen LogP contribution in [0, 0.1) is 11.7 Å². The Labute approximate surface area is 180 Å². The van der Waals surface area contributed by atoms with Gasteiger partial charge < -0.3 is 4.90 Å². The molecule has 7 heteroatoms. The summed E-state index contributed by atoms with van der Waals surface area (Å²) in [5.41, 5.74) is 1.81. The molecule has 0 bridgehead atoms. The second-order valence-corrected chi connectivity index (χ2v) is 7.92. The Morgan fingerprint density at radius 3 is 2.32 bits per heavy atom. The largest absolute Gasteiger partial charge is 0.337 e. The summed E-state index contributed by atoms with van der Waals surface area (Å²) in [6.45, 7) is 1.18. The number of amides is 2. The smallest absolute Gasteiger partial charge is 0.270 e. The quantitative estimate of drug-likeness (QED) is 0.695. The molecule has 1 saturated heterocycles. The molecule has 0 N–H and O–H groups in total. The number of rotatable bonds is 5. The van der Waals surface area contributed by atoms with Gasteiger partial charge in [0.15, 0.2) is 5.78 Å². The monoisotopic (exact) mass is 421 g/mol. The Morgan fingerprint density at radius 2 is 1.65 bits per heavy atom. The zero-order valence-electron chi connectivity index (χ0n) is 17.2. The predicted molar refractivity (Wildman–Crippen MR) is 114 cm³/mol. The molecule has 0 aliphatic carbocycles. The minimum atomic E-state index is -0.345. The molecule has 0 aromatic heterocycles. The van der Waals surface area contributed by atoms with Crippen LogP contribution in [-0.2, 0) is 16.1 Å². The third-order valence-electron chi connectivity index (χ3n) is 5.81. The maximum atomic E-state index is 13.1. The average molecular weight is 421 g/mol. The van der Waals surface area contributed by atoms with Crippen molar-refractivity contribution >= 4 is 23.3 Å². The summed E-state index contributed by atoms with van der Waals surface area (Å²) in [5, 5.41) is 5.59. The number of carbonyl (C=O) groups is 3. The molecule has 31 heavy (non-hydrogen) atoms. The Kier molecular flexibility index (Phi) is 6.21. The lowest BCUT2D eigenvalue weighted by Crippen LogP contribution is -2.45. The summed E-state index contributed by atoms with van der Waals surface area (Å²) in [4.78, 5) is 39.6. The molecule has 2 aliphatic heterocycles. The number of likely N-dealkylation sites (tertiary alicyclic amines) is 1. The van der Waals surface area contributed by atoms with Gasteiger partial charge in [-0.2, -0.15) is 5.10 Å². The van der Waals surface area contributed by atoms with Gasteiger partial charge in [0.05, 0.1) is 6.54 Å². The zero-order valence-corrected chi connectivity index (χ0v) is 17.2. The lowest BCUT2D eigenvalue weighted by atomic mass is 9.88.